The second-order valence-corrected chi connectivity index (χ2v) is 10.2. The summed E-state index contributed by atoms with van der Waals surface area (Å²) >= 11 is 0. The minimum Gasteiger partial charge on any atom is -0.446 e. The Kier molecular flexibility index (Phi) is 6.97. The van der Waals surface area contributed by atoms with Gasteiger partial charge in [0.1, 0.15) is 17.9 Å². The number of anilines is 2. The highest BCUT2D eigenvalue weighted by molar-refractivity contribution is 5.88. The fraction of sp³-hybridized carbons (Fsp3) is 0.708. The molecule has 0 unspecified atom stereocenters. The lowest BCUT2D eigenvalue weighted by molar-refractivity contribution is -0.00162. The number of hydrogen-bond donors (Lipinski definition) is 3. The van der Waals surface area contributed by atoms with Crippen LogP contribution in [0.5, 0.6) is 0 Å². The van der Waals surface area contributed by atoms with Crippen molar-refractivity contribution >= 4 is 28.8 Å². The van der Waals surface area contributed by atoms with E-state index >= 15 is 0 Å². The van der Waals surface area contributed by atoms with E-state index in [0.717, 1.165) is 61.6 Å². The van der Waals surface area contributed by atoms with E-state index in [0.29, 0.717) is 19.1 Å². The van der Waals surface area contributed by atoms with Crippen molar-refractivity contribution in [3.05, 3.63) is 12.4 Å². The van der Waals surface area contributed by atoms with Gasteiger partial charge in [-0.25, -0.2) is 19.2 Å². The van der Waals surface area contributed by atoms with E-state index in [-0.39, 0.29) is 31.8 Å². The number of rotatable bonds is 7. The second kappa shape index (κ2) is 10.1. The monoisotopic (exact) mass is 489 g/mol. The maximum Gasteiger partial charge on any atom is 0.409 e. The summed E-state index contributed by atoms with van der Waals surface area (Å²) in [6.45, 7) is 7.19. The molecule has 2 aromatic heterocycles. The zero-order chi connectivity index (χ0) is 24.4. The van der Waals surface area contributed by atoms with Crippen LogP contribution in [0.3, 0.4) is 0 Å². The number of halogens is 1. The topological polar surface area (TPSA) is 106 Å². The van der Waals surface area contributed by atoms with Crippen molar-refractivity contribution in [2.75, 3.05) is 56.6 Å². The molecular weight excluding hydrogens is 453 g/mol. The summed E-state index contributed by atoms with van der Waals surface area (Å²) in [7, 11) is 0. The molecule has 3 aliphatic heterocycles. The number of nitrogens with zero attached hydrogens (tertiary/aromatic N) is 4. The van der Waals surface area contributed by atoms with Gasteiger partial charge in [0.15, 0.2) is 11.3 Å². The zero-order valence-electron chi connectivity index (χ0n) is 20.6. The van der Waals surface area contributed by atoms with E-state index in [1.165, 1.54) is 0 Å². The van der Waals surface area contributed by atoms with Crippen LogP contribution in [0.15, 0.2) is 12.4 Å². The number of amides is 1. The van der Waals surface area contributed by atoms with Crippen LogP contribution in [-0.4, -0.2) is 89.3 Å². The fourth-order valence-corrected chi connectivity index (χ4v) is 4.83. The van der Waals surface area contributed by atoms with Gasteiger partial charge in [0.25, 0.3) is 0 Å². The molecule has 10 nitrogen and oxygen atoms in total. The van der Waals surface area contributed by atoms with Crippen molar-refractivity contribution in [3.63, 3.8) is 0 Å². The molecule has 0 aromatic carbocycles. The van der Waals surface area contributed by atoms with Gasteiger partial charge in [-0.15, -0.1) is 0 Å². The van der Waals surface area contributed by atoms with Crippen LogP contribution in [0.1, 0.15) is 45.6 Å². The Morgan fingerprint density at radius 3 is 2.60 bits per heavy atom. The first-order valence-corrected chi connectivity index (χ1v) is 12.7. The summed E-state index contributed by atoms with van der Waals surface area (Å²) in [5.74, 6) is 0.834. The van der Waals surface area contributed by atoms with Crippen molar-refractivity contribution in [1.29, 1.82) is 0 Å². The van der Waals surface area contributed by atoms with E-state index < -0.39 is 11.8 Å². The van der Waals surface area contributed by atoms with Crippen LogP contribution in [-0.2, 0) is 9.47 Å². The number of ether oxygens (including phenoxy) is 2. The number of alkyl halides is 1. The van der Waals surface area contributed by atoms with Gasteiger partial charge in [0.05, 0.1) is 12.0 Å². The normalized spacial score (nSPS) is 21.2. The molecule has 5 heterocycles. The van der Waals surface area contributed by atoms with E-state index in [4.69, 9.17) is 14.5 Å². The van der Waals surface area contributed by atoms with Crippen molar-refractivity contribution in [1.82, 2.24) is 24.8 Å². The number of hydrogen-bond acceptors (Lipinski definition) is 8. The highest BCUT2D eigenvalue weighted by Crippen LogP contribution is 2.29. The lowest BCUT2D eigenvalue weighted by atomic mass is 10.0. The first-order chi connectivity index (χ1) is 16.9. The third-order valence-corrected chi connectivity index (χ3v) is 7.11. The molecule has 3 N–H and O–H groups in total. The Morgan fingerprint density at radius 2 is 1.94 bits per heavy atom. The third-order valence-electron chi connectivity index (χ3n) is 7.11. The quantitative estimate of drug-likeness (QED) is 0.545. The number of carbonyl (C=O) groups is 1. The molecule has 3 fully saturated rings. The van der Waals surface area contributed by atoms with Gasteiger partial charge in [-0.2, -0.15) is 0 Å². The Balaban J connectivity index is 1.24. The molecule has 5 rings (SSSR count). The minimum absolute atomic E-state index is 0.187. The summed E-state index contributed by atoms with van der Waals surface area (Å²) in [4.78, 5) is 23.6. The lowest BCUT2D eigenvalue weighted by Crippen LogP contribution is -2.59. The van der Waals surface area contributed by atoms with Crippen LogP contribution < -0.4 is 16.0 Å². The summed E-state index contributed by atoms with van der Waals surface area (Å²) in [5.41, 5.74) is 1.23. The predicted octanol–water partition coefficient (Wildman–Crippen LogP) is 2.93. The Labute approximate surface area is 204 Å². The molecule has 0 bridgehead atoms. The first-order valence-electron chi connectivity index (χ1n) is 12.7. The number of likely N-dealkylation sites (tertiary alicyclic amines) is 1. The summed E-state index contributed by atoms with van der Waals surface area (Å²) in [6, 6.07) is 2.81. The van der Waals surface area contributed by atoms with E-state index in [9.17, 15) is 9.18 Å². The number of nitrogens with one attached hydrogen (secondary N) is 3. The van der Waals surface area contributed by atoms with Gasteiger partial charge in [-0.1, -0.05) is 0 Å². The molecule has 0 aliphatic carbocycles. The average molecular weight is 490 g/mol. The number of fused-ring (bicyclic) bond motifs is 1. The largest absolute Gasteiger partial charge is 0.446 e. The number of aromatic nitrogens is 3. The van der Waals surface area contributed by atoms with Crippen LogP contribution in [0.4, 0.5) is 20.7 Å². The Hall–Kier alpha value is -2.66. The fourth-order valence-electron chi connectivity index (χ4n) is 4.83. The highest BCUT2D eigenvalue weighted by Gasteiger charge is 2.39. The molecule has 2 aromatic rings. The molecule has 0 saturated carbocycles. The van der Waals surface area contributed by atoms with Gasteiger partial charge in [-0.3, -0.25) is 0 Å². The van der Waals surface area contributed by atoms with Crippen molar-refractivity contribution in [2.24, 2.45) is 0 Å². The molecule has 3 aliphatic rings. The maximum atomic E-state index is 14.1. The lowest BCUT2D eigenvalue weighted by Gasteiger charge is -2.36. The van der Waals surface area contributed by atoms with Gasteiger partial charge in [0.2, 0.25) is 0 Å². The van der Waals surface area contributed by atoms with E-state index in [2.05, 4.69) is 39.3 Å². The smallest absolute Gasteiger partial charge is 0.409 e. The number of carbonyl (C=O) groups excluding carboxylic acids is 1. The summed E-state index contributed by atoms with van der Waals surface area (Å²) < 4.78 is 26.9. The molecule has 1 amide bonds. The van der Waals surface area contributed by atoms with Gasteiger partial charge in [0, 0.05) is 63.6 Å². The van der Waals surface area contributed by atoms with Crippen molar-refractivity contribution in [2.45, 2.75) is 63.3 Å². The number of pyridine rings is 1. The highest BCUT2D eigenvalue weighted by atomic mass is 19.1. The first kappa shape index (κ1) is 24.1. The Bertz CT molecular complexity index is 1030. The average Bonchev–Trinajstić information content (AvgIpc) is 3.27. The van der Waals surface area contributed by atoms with Gasteiger partial charge >= 0.3 is 6.09 Å². The van der Waals surface area contributed by atoms with Crippen LogP contribution in [0.2, 0.25) is 0 Å². The molecule has 0 spiro atoms. The maximum absolute atomic E-state index is 14.1. The molecule has 192 valence electrons. The number of imidazole rings is 1. The number of piperidine rings is 1. The Morgan fingerprint density at radius 1 is 1.23 bits per heavy atom. The second-order valence-electron chi connectivity index (χ2n) is 10.2. The van der Waals surface area contributed by atoms with Gasteiger partial charge < -0.3 is 34.9 Å². The standard InChI is InChI=1S/C24H36FN7O3/c1-16(2)32-15-27-21-19(11-20(30-22(21)32)29-18-5-9-34-10-6-18)28-17-3-7-31(8-4-17)23(33)35-14-24(25)12-26-13-24/h11,15-18,26H,3-10,12-14H2,1-2H3,(H2,28,29,30). The third kappa shape index (κ3) is 5.45. The minimum atomic E-state index is -1.42. The van der Waals surface area contributed by atoms with Crippen molar-refractivity contribution in [3.8, 4) is 0 Å². The van der Waals surface area contributed by atoms with Crippen LogP contribution >= 0.6 is 0 Å². The molecule has 0 atom stereocenters. The van der Waals surface area contributed by atoms with E-state index in [1.807, 2.05) is 12.4 Å². The van der Waals surface area contributed by atoms with E-state index in [1.54, 1.807) is 4.90 Å². The molecule has 35 heavy (non-hydrogen) atoms. The predicted molar refractivity (Wildman–Crippen MR) is 132 cm³/mol. The van der Waals surface area contributed by atoms with Crippen LogP contribution in [0, 0.1) is 0 Å². The van der Waals surface area contributed by atoms with Gasteiger partial charge in [-0.05, 0) is 39.5 Å². The zero-order valence-corrected chi connectivity index (χ0v) is 20.6. The summed E-state index contributed by atoms with van der Waals surface area (Å²) in [6.07, 6.45) is 4.88. The molecule has 0 radical (unpaired) electrons. The molecular formula is C24H36FN7O3. The SMILES string of the molecule is CC(C)n1cnc2c(NC3CCN(C(=O)OCC4(F)CNC4)CC3)cc(NC3CCOCC3)nc21. The van der Waals surface area contributed by atoms with Crippen molar-refractivity contribution < 1.29 is 18.7 Å². The summed E-state index contributed by atoms with van der Waals surface area (Å²) in [5, 5.41) is 10.1. The molecule has 3 saturated heterocycles. The molecule has 11 heteroatoms. The van der Waals surface area contributed by atoms with Crippen LogP contribution in [0.25, 0.3) is 11.2 Å².